The van der Waals surface area contributed by atoms with Crippen LogP contribution < -0.4 is 0 Å². The minimum absolute atomic E-state index is 0.0507. The predicted octanol–water partition coefficient (Wildman–Crippen LogP) is 3.14. The Labute approximate surface area is 133 Å². The average molecular weight is 311 g/mol. The molecule has 0 N–H and O–H groups in total. The van der Waals surface area contributed by atoms with E-state index in [9.17, 15) is 4.79 Å². The Morgan fingerprint density at radius 1 is 1.22 bits per heavy atom. The van der Waals surface area contributed by atoms with Crippen LogP contribution in [0, 0.1) is 20.8 Å². The van der Waals surface area contributed by atoms with E-state index >= 15 is 0 Å². The molecule has 2 heterocycles. The zero-order chi connectivity index (χ0) is 16.4. The molecule has 2 aromatic heterocycles. The van der Waals surface area contributed by atoms with Gasteiger partial charge in [0.25, 0.3) is 0 Å². The van der Waals surface area contributed by atoms with E-state index in [0.29, 0.717) is 17.0 Å². The molecule has 0 aliphatic rings. The molecular formula is C17H17N3O3. The number of esters is 1. The van der Waals surface area contributed by atoms with Crippen molar-refractivity contribution in [3.63, 3.8) is 0 Å². The predicted molar refractivity (Wildman–Crippen MR) is 83.4 cm³/mol. The first-order valence-corrected chi connectivity index (χ1v) is 7.27. The van der Waals surface area contributed by atoms with Crippen LogP contribution in [0.15, 0.2) is 40.9 Å². The maximum Gasteiger partial charge on any atom is 0.342 e. The second-order valence-electron chi connectivity index (χ2n) is 5.30. The van der Waals surface area contributed by atoms with E-state index < -0.39 is 5.97 Å². The summed E-state index contributed by atoms with van der Waals surface area (Å²) in [4.78, 5) is 12.4. The van der Waals surface area contributed by atoms with Gasteiger partial charge in [0, 0.05) is 6.07 Å². The molecule has 0 fully saturated rings. The molecule has 0 amide bonds. The van der Waals surface area contributed by atoms with Gasteiger partial charge in [-0.3, -0.25) is 0 Å². The third-order valence-electron chi connectivity index (χ3n) is 3.52. The fourth-order valence-electron chi connectivity index (χ4n) is 2.45. The summed E-state index contributed by atoms with van der Waals surface area (Å²) < 4.78 is 12.1. The maximum atomic E-state index is 12.4. The van der Waals surface area contributed by atoms with Gasteiger partial charge in [0.1, 0.15) is 5.56 Å². The summed E-state index contributed by atoms with van der Waals surface area (Å²) >= 11 is 0. The molecular weight excluding hydrogens is 294 g/mol. The van der Waals surface area contributed by atoms with Gasteiger partial charge in [-0.1, -0.05) is 23.4 Å². The molecule has 0 aliphatic carbocycles. The molecule has 0 unspecified atom stereocenters. The Kier molecular flexibility index (Phi) is 3.97. The van der Waals surface area contributed by atoms with Gasteiger partial charge in [0.05, 0.1) is 22.8 Å². The number of ether oxygens (including phenoxy) is 1. The molecule has 6 heteroatoms. The molecule has 0 spiro atoms. The Morgan fingerprint density at radius 3 is 2.61 bits per heavy atom. The highest BCUT2D eigenvalue weighted by Gasteiger charge is 2.21. The van der Waals surface area contributed by atoms with Gasteiger partial charge in [0.2, 0.25) is 0 Å². The molecule has 0 bridgehead atoms. The molecule has 0 aliphatic heterocycles. The Hall–Kier alpha value is -2.89. The fourth-order valence-corrected chi connectivity index (χ4v) is 2.45. The van der Waals surface area contributed by atoms with Crippen molar-refractivity contribution in [2.24, 2.45) is 0 Å². The van der Waals surface area contributed by atoms with E-state index in [1.807, 2.05) is 44.2 Å². The van der Waals surface area contributed by atoms with E-state index in [0.717, 1.165) is 17.1 Å². The van der Waals surface area contributed by atoms with E-state index in [1.54, 1.807) is 17.7 Å². The van der Waals surface area contributed by atoms with Gasteiger partial charge >= 0.3 is 5.97 Å². The molecule has 3 rings (SSSR count). The van der Waals surface area contributed by atoms with E-state index in [-0.39, 0.29) is 6.61 Å². The highest BCUT2D eigenvalue weighted by Crippen LogP contribution is 2.19. The number of benzene rings is 1. The lowest BCUT2D eigenvalue weighted by Gasteiger charge is -2.05. The molecule has 1 aromatic carbocycles. The summed E-state index contributed by atoms with van der Waals surface area (Å²) in [6, 6.07) is 11.4. The molecule has 0 radical (unpaired) electrons. The Balaban J connectivity index is 1.82. The van der Waals surface area contributed by atoms with Crippen LogP contribution in [-0.4, -0.2) is 20.9 Å². The normalized spacial score (nSPS) is 10.7. The SMILES string of the molecule is Cc1cc(COC(=O)c2c(C)nn(-c3ccccc3)c2C)on1. The number of hydrogen-bond acceptors (Lipinski definition) is 5. The average Bonchev–Trinajstić information content (AvgIpc) is 3.09. The zero-order valence-electron chi connectivity index (χ0n) is 13.2. The third-order valence-corrected chi connectivity index (χ3v) is 3.52. The first-order valence-electron chi connectivity index (χ1n) is 7.27. The maximum absolute atomic E-state index is 12.4. The molecule has 0 saturated heterocycles. The Morgan fingerprint density at radius 2 is 1.96 bits per heavy atom. The van der Waals surface area contributed by atoms with Crippen LogP contribution in [0.25, 0.3) is 5.69 Å². The lowest BCUT2D eigenvalue weighted by molar-refractivity contribution is 0.0435. The van der Waals surface area contributed by atoms with Gasteiger partial charge in [-0.2, -0.15) is 5.10 Å². The van der Waals surface area contributed by atoms with E-state index in [1.165, 1.54) is 0 Å². The zero-order valence-corrected chi connectivity index (χ0v) is 13.2. The van der Waals surface area contributed by atoms with Crippen LogP contribution in [0.5, 0.6) is 0 Å². The third kappa shape index (κ3) is 3.01. The van der Waals surface area contributed by atoms with Crippen molar-refractivity contribution < 1.29 is 14.1 Å². The minimum Gasteiger partial charge on any atom is -0.454 e. The first kappa shape index (κ1) is 15.0. The van der Waals surface area contributed by atoms with Gasteiger partial charge in [0.15, 0.2) is 12.4 Å². The number of carbonyl (C=O) groups is 1. The molecule has 0 atom stereocenters. The van der Waals surface area contributed by atoms with Crippen molar-refractivity contribution in [3.05, 3.63) is 64.8 Å². The van der Waals surface area contributed by atoms with E-state index in [4.69, 9.17) is 9.26 Å². The smallest absolute Gasteiger partial charge is 0.342 e. The number of hydrogen-bond donors (Lipinski definition) is 0. The number of carbonyl (C=O) groups excluding carboxylic acids is 1. The van der Waals surface area contributed by atoms with Crippen molar-refractivity contribution >= 4 is 5.97 Å². The molecule has 6 nitrogen and oxygen atoms in total. The first-order chi connectivity index (χ1) is 11.1. The van der Waals surface area contributed by atoms with Crippen LogP contribution in [-0.2, 0) is 11.3 Å². The molecule has 0 saturated carbocycles. The number of rotatable bonds is 4. The largest absolute Gasteiger partial charge is 0.454 e. The highest BCUT2D eigenvalue weighted by molar-refractivity contribution is 5.92. The lowest BCUT2D eigenvalue weighted by Crippen LogP contribution is -2.08. The second-order valence-corrected chi connectivity index (χ2v) is 5.30. The van der Waals surface area contributed by atoms with Crippen LogP contribution in [0.4, 0.5) is 0 Å². The lowest BCUT2D eigenvalue weighted by atomic mass is 10.2. The summed E-state index contributed by atoms with van der Waals surface area (Å²) in [5.41, 5.74) is 3.50. The van der Waals surface area contributed by atoms with Crippen LogP contribution >= 0.6 is 0 Å². The van der Waals surface area contributed by atoms with Crippen molar-refractivity contribution in [3.8, 4) is 5.69 Å². The van der Waals surface area contributed by atoms with Gasteiger partial charge in [-0.25, -0.2) is 9.48 Å². The fraction of sp³-hybridized carbons (Fsp3) is 0.235. The highest BCUT2D eigenvalue weighted by atomic mass is 16.5. The number of nitrogens with zero attached hydrogens (tertiary/aromatic N) is 3. The topological polar surface area (TPSA) is 70.2 Å². The second kappa shape index (κ2) is 6.08. The van der Waals surface area contributed by atoms with Crippen molar-refractivity contribution in [1.82, 2.24) is 14.9 Å². The number of aryl methyl sites for hydroxylation is 2. The van der Waals surface area contributed by atoms with Crippen molar-refractivity contribution in [1.29, 1.82) is 0 Å². The summed E-state index contributed by atoms with van der Waals surface area (Å²) in [5, 5.41) is 8.20. The number of aromatic nitrogens is 3. The van der Waals surface area contributed by atoms with Crippen LogP contribution in [0.2, 0.25) is 0 Å². The molecule has 23 heavy (non-hydrogen) atoms. The minimum atomic E-state index is -0.420. The summed E-state index contributed by atoms with van der Waals surface area (Å²) in [6.07, 6.45) is 0. The van der Waals surface area contributed by atoms with E-state index in [2.05, 4.69) is 10.3 Å². The van der Waals surface area contributed by atoms with Gasteiger partial charge < -0.3 is 9.26 Å². The standard InChI is InChI=1S/C17H17N3O3/c1-11-9-15(23-19-11)10-22-17(21)16-12(2)18-20(13(16)3)14-7-5-4-6-8-14/h4-9H,10H2,1-3H3. The summed E-state index contributed by atoms with van der Waals surface area (Å²) in [6.45, 7) is 5.51. The number of para-hydroxylation sites is 1. The molecule has 3 aromatic rings. The molecule has 118 valence electrons. The van der Waals surface area contributed by atoms with Crippen LogP contribution in [0.3, 0.4) is 0 Å². The van der Waals surface area contributed by atoms with Crippen LogP contribution in [0.1, 0.15) is 33.2 Å². The monoisotopic (exact) mass is 311 g/mol. The van der Waals surface area contributed by atoms with Crippen molar-refractivity contribution in [2.45, 2.75) is 27.4 Å². The van der Waals surface area contributed by atoms with Crippen molar-refractivity contribution in [2.75, 3.05) is 0 Å². The summed E-state index contributed by atoms with van der Waals surface area (Å²) in [5.74, 6) is 0.0952. The Bertz CT molecular complexity index is 834. The van der Waals surface area contributed by atoms with Gasteiger partial charge in [-0.15, -0.1) is 0 Å². The van der Waals surface area contributed by atoms with Gasteiger partial charge in [-0.05, 0) is 32.9 Å². The summed E-state index contributed by atoms with van der Waals surface area (Å²) in [7, 11) is 0. The quantitative estimate of drug-likeness (QED) is 0.692.